The predicted octanol–water partition coefficient (Wildman–Crippen LogP) is 3.28. The fourth-order valence-electron chi connectivity index (χ4n) is 1.52. The van der Waals surface area contributed by atoms with E-state index in [1.165, 1.54) is 0 Å². The quantitative estimate of drug-likeness (QED) is 0.864. The zero-order valence-electron chi connectivity index (χ0n) is 9.36. The summed E-state index contributed by atoms with van der Waals surface area (Å²) in [7, 11) is 0. The second kappa shape index (κ2) is 6.38. The van der Waals surface area contributed by atoms with Crippen LogP contribution in [0.15, 0.2) is 42.5 Å². The predicted molar refractivity (Wildman–Crippen MR) is 76.3 cm³/mol. The van der Waals surface area contributed by atoms with Crippen molar-refractivity contribution in [2.75, 3.05) is 5.32 Å². The molecule has 0 spiro atoms. The fourth-order valence-corrected chi connectivity index (χ4v) is 2.48. The molecule has 0 fully saturated rings. The Balaban J connectivity index is 2.06. The number of hydrogen-bond donors (Lipinski definition) is 1. The second-order valence-corrected chi connectivity index (χ2v) is 5.96. The van der Waals surface area contributed by atoms with Gasteiger partial charge in [-0.2, -0.15) is 0 Å². The van der Waals surface area contributed by atoms with Crippen LogP contribution in [0.4, 0.5) is 5.69 Å². The third-order valence-electron chi connectivity index (χ3n) is 2.49. The Morgan fingerprint density at radius 2 is 1.78 bits per heavy atom. The molecule has 2 aromatic carbocycles. The van der Waals surface area contributed by atoms with Crippen LogP contribution in [-0.4, -0.2) is 15.7 Å². The van der Waals surface area contributed by atoms with E-state index in [1.807, 2.05) is 36.4 Å². The molecule has 0 saturated carbocycles. The van der Waals surface area contributed by atoms with Crippen LogP contribution in [0.3, 0.4) is 0 Å². The van der Waals surface area contributed by atoms with Crippen LogP contribution < -0.4 is 9.67 Å². The first-order chi connectivity index (χ1) is 8.70. The molecule has 1 N–H and O–H groups in total. The van der Waals surface area contributed by atoms with Gasteiger partial charge in [-0.1, -0.05) is 0 Å². The summed E-state index contributed by atoms with van der Waals surface area (Å²) in [6.07, 6.45) is 0. The second-order valence-electron chi connectivity index (χ2n) is 3.70. The molecule has 2 aromatic rings. The third-order valence-corrected chi connectivity index (χ3v) is 4.41. The van der Waals surface area contributed by atoms with Gasteiger partial charge in [-0.25, -0.2) is 0 Å². The summed E-state index contributed by atoms with van der Waals surface area (Å²) < 4.78 is 11.6. The maximum absolute atomic E-state index is 10.7. The van der Waals surface area contributed by atoms with Crippen molar-refractivity contribution in [3.05, 3.63) is 58.1 Å². The molecule has 0 radical (unpaired) electrons. The summed E-state index contributed by atoms with van der Waals surface area (Å²) in [4.78, 5) is 0. The van der Waals surface area contributed by atoms with Gasteiger partial charge in [0.05, 0.1) is 0 Å². The first-order valence-electron chi connectivity index (χ1n) is 5.31. The molecule has 2 nitrogen and oxygen atoms in total. The van der Waals surface area contributed by atoms with Crippen LogP contribution in [0.25, 0.3) is 0 Å². The minimum atomic E-state index is -0.952. The molecule has 0 aliphatic rings. The normalized spacial score (nSPS) is 10.6. The summed E-state index contributed by atoms with van der Waals surface area (Å²) in [6, 6.07) is 13.1. The Kier molecular flexibility index (Phi) is 4.82. The third kappa shape index (κ3) is 3.35. The molecular formula is C13H10AsCl2NO. The van der Waals surface area contributed by atoms with Crippen molar-refractivity contribution in [1.82, 2.24) is 0 Å². The average molecular weight is 342 g/mol. The molecule has 2 rings (SSSR count). The number of nitrogens with one attached hydrogen (secondary N) is 1. The van der Waals surface area contributed by atoms with Crippen LogP contribution in [-0.2, 0) is 10.3 Å². The minimum absolute atomic E-state index is 0.557. The van der Waals surface area contributed by atoms with Crippen LogP contribution in [0.5, 0.6) is 0 Å². The molecular weight excluding hydrogens is 332 g/mol. The summed E-state index contributed by atoms with van der Waals surface area (Å²) >= 11 is 11.1. The first kappa shape index (κ1) is 13.6. The summed E-state index contributed by atoms with van der Waals surface area (Å²) in [6.45, 7) is 0.601. The molecule has 0 atom stereocenters. The molecule has 0 saturated heterocycles. The van der Waals surface area contributed by atoms with E-state index in [0.29, 0.717) is 16.6 Å². The van der Waals surface area contributed by atoms with Crippen molar-refractivity contribution in [2.45, 2.75) is 6.54 Å². The standard InChI is InChI=1S/C13H10AsCl2NO/c15-12-3-1-2-9(13(12)16)8-17-11-6-4-10(14-18)5-7-11/h1-7,17H,8H2. The van der Waals surface area contributed by atoms with Crippen molar-refractivity contribution in [3.8, 4) is 0 Å². The number of rotatable bonds is 4. The van der Waals surface area contributed by atoms with Gasteiger partial charge in [-0.15, -0.1) is 0 Å². The van der Waals surface area contributed by atoms with Crippen molar-refractivity contribution >= 4 is 48.9 Å². The van der Waals surface area contributed by atoms with Gasteiger partial charge in [0.25, 0.3) is 0 Å². The zero-order valence-corrected chi connectivity index (χ0v) is 12.7. The average Bonchev–Trinajstić information content (AvgIpc) is 2.41. The molecule has 0 unspecified atom stereocenters. The molecule has 0 heterocycles. The molecule has 0 bridgehead atoms. The Morgan fingerprint density at radius 3 is 2.44 bits per heavy atom. The molecule has 0 aromatic heterocycles. The van der Waals surface area contributed by atoms with E-state index in [2.05, 4.69) is 5.32 Å². The van der Waals surface area contributed by atoms with E-state index in [1.54, 1.807) is 6.07 Å². The van der Waals surface area contributed by atoms with Gasteiger partial charge >= 0.3 is 123 Å². The van der Waals surface area contributed by atoms with Crippen molar-refractivity contribution in [2.24, 2.45) is 0 Å². The number of halogens is 2. The molecule has 5 heteroatoms. The Bertz CT molecular complexity index is 557. The van der Waals surface area contributed by atoms with E-state index >= 15 is 0 Å². The van der Waals surface area contributed by atoms with Crippen LogP contribution >= 0.6 is 23.2 Å². The fraction of sp³-hybridized carbons (Fsp3) is 0.0769. The number of benzene rings is 2. The van der Waals surface area contributed by atoms with Gasteiger partial charge in [0.1, 0.15) is 0 Å². The van der Waals surface area contributed by atoms with Gasteiger partial charge in [-0.3, -0.25) is 0 Å². The van der Waals surface area contributed by atoms with Gasteiger partial charge < -0.3 is 0 Å². The van der Waals surface area contributed by atoms with Crippen molar-refractivity contribution in [1.29, 1.82) is 0 Å². The van der Waals surface area contributed by atoms with Gasteiger partial charge in [0.2, 0.25) is 0 Å². The number of hydrogen-bond acceptors (Lipinski definition) is 2. The van der Waals surface area contributed by atoms with Crippen LogP contribution in [0.2, 0.25) is 10.0 Å². The molecule has 18 heavy (non-hydrogen) atoms. The topological polar surface area (TPSA) is 29.1 Å². The molecule has 92 valence electrons. The van der Waals surface area contributed by atoms with Crippen LogP contribution in [0, 0.1) is 0 Å². The van der Waals surface area contributed by atoms with Gasteiger partial charge in [0, 0.05) is 0 Å². The molecule has 0 aliphatic carbocycles. The SMILES string of the molecule is O=[As]c1ccc(NCc2cccc(Cl)c2Cl)cc1. The monoisotopic (exact) mass is 341 g/mol. The van der Waals surface area contributed by atoms with E-state index in [4.69, 9.17) is 23.2 Å². The Hall–Kier alpha value is -0.822. The van der Waals surface area contributed by atoms with Gasteiger partial charge in [0.15, 0.2) is 0 Å². The van der Waals surface area contributed by atoms with E-state index in [-0.39, 0.29) is 0 Å². The van der Waals surface area contributed by atoms with Crippen molar-refractivity contribution < 1.29 is 3.74 Å². The first-order valence-corrected chi connectivity index (χ1v) is 7.77. The molecule has 0 amide bonds. The van der Waals surface area contributed by atoms with Crippen molar-refractivity contribution in [3.63, 3.8) is 0 Å². The van der Waals surface area contributed by atoms with E-state index in [0.717, 1.165) is 15.6 Å². The summed E-state index contributed by atoms with van der Waals surface area (Å²) in [5, 5.41) is 4.38. The van der Waals surface area contributed by atoms with Crippen LogP contribution in [0.1, 0.15) is 5.56 Å². The maximum atomic E-state index is 10.7. The Labute approximate surface area is 122 Å². The van der Waals surface area contributed by atoms with Gasteiger partial charge in [-0.05, 0) is 0 Å². The number of anilines is 1. The zero-order chi connectivity index (χ0) is 13.0. The van der Waals surface area contributed by atoms with E-state index in [9.17, 15) is 3.74 Å². The molecule has 0 aliphatic heterocycles. The summed E-state index contributed by atoms with van der Waals surface area (Å²) in [5.74, 6) is 0. The Morgan fingerprint density at radius 1 is 1.06 bits per heavy atom. The van der Waals surface area contributed by atoms with E-state index < -0.39 is 15.7 Å². The summed E-state index contributed by atoms with van der Waals surface area (Å²) in [5.41, 5.74) is 1.91.